The lowest BCUT2D eigenvalue weighted by atomic mass is 10.0. The third-order valence-electron chi connectivity index (χ3n) is 5.10. The smallest absolute Gasteiger partial charge is 0.221 e. The molecule has 1 fully saturated rings. The van der Waals surface area contributed by atoms with Crippen molar-refractivity contribution >= 4 is 34.0 Å². The molecule has 0 bridgehead atoms. The first kappa shape index (κ1) is 18.1. The van der Waals surface area contributed by atoms with Crippen LogP contribution in [-0.2, 0) is 0 Å². The standard InChI is InChI=1S/C22H25N3OS/c1-13(2)16-5-6-20-19(10-16)21(22(26)25(20)18-11-27-12-18)24-23-17-8-14(3)7-15(4)9-17/h5-10,13,18,26H,11-12H2,1-4H3. The first-order valence-electron chi connectivity index (χ1n) is 9.38. The van der Waals surface area contributed by atoms with Crippen molar-refractivity contribution in [1.82, 2.24) is 4.57 Å². The third kappa shape index (κ3) is 3.36. The van der Waals surface area contributed by atoms with E-state index in [2.05, 4.69) is 62.2 Å². The van der Waals surface area contributed by atoms with E-state index in [4.69, 9.17) is 0 Å². The summed E-state index contributed by atoms with van der Waals surface area (Å²) >= 11 is 1.90. The van der Waals surface area contributed by atoms with Gasteiger partial charge < -0.3 is 9.67 Å². The second kappa shape index (κ2) is 7.04. The second-order valence-corrected chi connectivity index (χ2v) is 8.79. The maximum atomic E-state index is 11.0. The lowest BCUT2D eigenvalue weighted by molar-refractivity contribution is 0.406. The molecule has 2 aromatic carbocycles. The number of thioether (sulfide) groups is 1. The number of aromatic hydroxyl groups is 1. The Balaban J connectivity index is 1.86. The number of rotatable bonds is 4. The van der Waals surface area contributed by atoms with Crippen LogP contribution in [0.4, 0.5) is 11.4 Å². The van der Waals surface area contributed by atoms with Crippen molar-refractivity contribution in [2.75, 3.05) is 11.5 Å². The van der Waals surface area contributed by atoms with Gasteiger partial charge in [0, 0.05) is 16.9 Å². The first-order chi connectivity index (χ1) is 12.9. The number of fused-ring (bicyclic) bond motifs is 1. The minimum Gasteiger partial charge on any atom is -0.493 e. The minimum absolute atomic E-state index is 0.226. The Hall–Kier alpha value is -2.27. The predicted octanol–water partition coefficient (Wildman–Crippen LogP) is 6.79. The molecule has 4 rings (SSSR count). The number of hydrogen-bond donors (Lipinski definition) is 1. The van der Waals surface area contributed by atoms with Gasteiger partial charge in [-0.25, -0.2) is 0 Å². The summed E-state index contributed by atoms with van der Waals surface area (Å²) in [7, 11) is 0. The molecular weight excluding hydrogens is 354 g/mol. The van der Waals surface area contributed by atoms with Gasteiger partial charge in [-0.1, -0.05) is 26.0 Å². The molecule has 1 N–H and O–H groups in total. The second-order valence-electron chi connectivity index (χ2n) is 7.71. The van der Waals surface area contributed by atoms with Crippen LogP contribution >= 0.6 is 11.8 Å². The van der Waals surface area contributed by atoms with Gasteiger partial charge in [0.25, 0.3) is 0 Å². The van der Waals surface area contributed by atoms with Gasteiger partial charge in [0.1, 0.15) is 0 Å². The molecule has 0 spiro atoms. The third-order valence-corrected chi connectivity index (χ3v) is 6.34. The van der Waals surface area contributed by atoms with Gasteiger partial charge in [-0.3, -0.25) is 0 Å². The van der Waals surface area contributed by atoms with Crippen LogP contribution in [-0.4, -0.2) is 21.2 Å². The number of nitrogens with zero attached hydrogens (tertiary/aromatic N) is 3. The Morgan fingerprint density at radius 3 is 2.33 bits per heavy atom. The van der Waals surface area contributed by atoms with E-state index in [-0.39, 0.29) is 5.88 Å². The van der Waals surface area contributed by atoms with Crippen molar-refractivity contribution in [2.45, 2.75) is 39.7 Å². The SMILES string of the molecule is Cc1cc(C)cc(N=Nc2c(O)n(C3CSC3)c3ccc(C(C)C)cc23)c1. The molecule has 0 radical (unpaired) electrons. The summed E-state index contributed by atoms with van der Waals surface area (Å²) in [5.41, 5.74) is 5.98. The number of aromatic nitrogens is 1. The fourth-order valence-electron chi connectivity index (χ4n) is 3.62. The van der Waals surface area contributed by atoms with Gasteiger partial charge in [0.2, 0.25) is 5.88 Å². The van der Waals surface area contributed by atoms with Gasteiger partial charge in [0.15, 0.2) is 5.69 Å². The largest absolute Gasteiger partial charge is 0.493 e. The van der Waals surface area contributed by atoms with E-state index in [0.717, 1.165) is 39.2 Å². The van der Waals surface area contributed by atoms with Crippen LogP contribution in [0, 0.1) is 13.8 Å². The topological polar surface area (TPSA) is 49.9 Å². The zero-order valence-corrected chi connectivity index (χ0v) is 17.0. The molecule has 27 heavy (non-hydrogen) atoms. The van der Waals surface area contributed by atoms with Crippen LogP contribution in [0.1, 0.15) is 42.5 Å². The molecule has 140 valence electrons. The molecule has 1 saturated heterocycles. The van der Waals surface area contributed by atoms with Crippen molar-refractivity contribution in [3.05, 3.63) is 53.1 Å². The molecule has 3 aromatic rings. The molecule has 0 amide bonds. The maximum Gasteiger partial charge on any atom is 0.221 e. The van der Waals surface area contributed by atoms with Crippen molar-refractivity contribution in [3.8, 4) is 5.88 Å². The minimum atomic E-state index is 0.226. The van der Waals surface area contributed by atoms with E-state index in [9.17, 15) is 5.11 Å². The molecule has 4 nitrogen and oxygen atoms in total. The monoisotopic (exact) mass is 379 g/mol. The van der Waals surface area contributed by atoms with E-state index in [1.54, 1.807) is 0 Å². The molecule has 1 aromatic heterocycles. The summed E-state index contributed by atoms with van der Waals surface area (Å²) in [6.07, 6.45) is 0. The predicted molar refractivity (Wildman–Crippen MR) is 114 cm³/mol. The average Bonchev–Trinajstić information content (AvgIpc) is 2.82. The molecule has 1 aliphatic rings. The van der Waals surface area contributed by atoms with E-state index in [0.29, 0.717) is 17.6 Å². The highest BCUT2D eigenvalue weighted by molar-refractivity contribution is 8.00. The first-order valence-corrected chi connectivity index (χ1v) is 10.5. The summed E-state index contributed by atoms with van der Waals surface area (Å²) in [6.45, 7) is 8.46. The number of aryl methyl sites for hydroxylation is 2. The molecule has 1 aliphatic heterocycles. The molecule has 0 atom stereocenters. The van der Waals surface area contributed by atoms with Crippen LogP contribution < -0.4 is 0 Å². The van der Waals surface area contributed by atoms with Crippen LogP contribution in [0.25, 0.3) is 10.9 Å². The molecule has 5 heteroatoms. The van der Waals surface area contributed by atoms with E-state index >= 15 is 0 Å². The highest BCUT2D eigenvalue weighted by Crippen LogP contribution is 2.45. The Bertz CT molecular complexity index is 1010. The average molecular weight is 380 g/mol. The van der Waals surface area contributed by atoms with Gasteiger partial charge in [-0.05, 0) is 60.7 Å². The zero-order chi connectivity index (χ0) is 19.1. The van der Waals surface area contributed by atoms with E-state index in [1.807, 2.05) is 28.5 Å². The quantitative estimate of drug-likeness (QED) is 0.507. The van der Waals surface area contributed by atoms with Crippen molar-refractivity contribution < 1.29 is 5.11 Å². The normalized spacial score (nSPS) is 15.1. The molecule has 0 saturated carbocycles. The van der Waals surface area contributed by atoms with Crippen molar-refractivity contribution in [3.63, 3.8) is 0 Å². The highest BCUT2D eigenvalue weighted by Gasteiger charge is 2.27. The van der Waals surface area contributed by atoms with Crippen molar-refractivity contribution in [1.29, 1.82) is 0 Å². The highest BCUT2D eigenvalue weighted by atomic mass is 32.2. The number of azo groups is 1. The van der Waals surface area contributed by atoms with Crippen molar-refractivity contribution in [2.24, 2.45) is 10.2 Å². The number of benzene rings is 2. The Morgan fingerprint density at radius 2 is 1.74 bits per heavy atom. The summed E-state index contributed by atoms with van der Waals surface area (Å²) in [6, 6.07) is 12.9. The Kier molecular flexibility index (Phi) is 4.72. The van der Waals surface area contributed by atoms with E-state index < -0.39 is 0 Å². The molecule has 0 aliphatic carbocycles. The van der Waals surface area contributed by atoms with Crippen LogP contribution in [0.2, 0.25) is 0 Å². The number of hydrogen-bond acceptors (Lipinski definition) is 4. The van der Waals surface area contributed by atoms with E-state index in [1.165, 1.54) is 5.56 Å². The lowest BCUT2D eigenvalue weighted by Crippen LogP contribution is -2.22. The molecule has 2 heterocycles. The van der Waals surface area contributed by atoms with Gasteiger partial charge in [-0.15, -0.1) is 5.11 Å². The van der Waals surface area contributed by atoms with Crippen LogP contribution in [0.3, 0.4) is 0 Å². The summed E-state index contributed by atoms with van der Waals surface area (Å²) < 4.78 is 2.03. The molecular formula is C22H25N3OS. The van der Waals surface area contributed by atoms with Gasteiger partial charge in [0.05, 0.1) is 17.2 Å². The summed E-state index contributed by atoms with van der Waals surface area (Å²) in [5.74, 6) is 2.70. The Morgan fingerprint density at radius 1 is 1.04 bits per heavy atom. The Labute approximate surface area is 164 Å². The lowest BCUT2D eigenvalue weighted by Gasteiger charge is -2.27. The van der Waals surface area contributed by atoms with Crippen LogP contribution in [0.15, 0.2) is 46.6 Å². The molecule has 0 unspecified atom stereocenters. The zero-order valence-electron chi connectivity index (χ0n) is 16.2. The van der Waals surface area contributed by atoms with Gasteiger partial charge >= 0.3 is 0 Å². The summed E-state index contributed by atoms with van der Waals surface area (Å²) in [4.78, 5) is 0. The maximum absolute atomic E-state index is 11.0. The van der Waals surface area contributed by atoms with Gasteiger partial charge in [-0.2, -0.15) is 16.9 Å². The fraction of sp³-hybridized carbons (Fsp3) is 0.364. The summed E-state index contributed by atoms with van der Waals surface area (Å²) in [5, 5.41) is 20.9. The fourth-order valence-corrected chi connectivity index (χ4v) is 4.36. The van der Waals surface area contributed by atoms with Crippen LogP contribution in [0.5, 0.6) is 5.88 Å².